The maximum Gasteiger partial charge on any atom is 0.343 e. The molecule has 0 saturated carbocycles. The van der Waals surface area contributed by atoms with Gasteiger partial charge in [-0.25, -0.2) is 14.3 Å². The van der Waals surface area contributed by atoms with Crippen LogP contribution in [0.5, 0.6) is 0 Å². The fourth-order valence-electron chi connectivity index (χ4n) is 2.87. The highest BCUT2D eigenvalue weighted by atomic mass is 16.5. The van der Waals surface area contributed by atoms with Crippen molar-refractivity contribution >= 4 is 11.6 Å². The summed E-state index contributed by atoms with van der Waals surface area (Å²) in [5.74, 6) is 1.21. The minimum Gasteiger partial charge on any atom is -0.465 e. The van der Waals surface area contributed by atoms with E-state index in [1.807, 2.05) is 19.1 Å². The highest BCUT2D eigenvalue weighted by Gasteiger charge is 2.19. The first kappa shape index (κ1) is 18.9. The van der Waals surface area contributed by atoms with E-state index in [0.717, 1.165) is 11.5 Å². The van der Waals surface area contributed by atoms with Crippen molar-refractivity contribution in [3.8, 4) is 0 Å². The van der Waals surface area contributed by atoms with Crippen LogP contribution in [0.3, 0.4) is 0 Å². The number of H-pyrrole nitrogens is 1. The Morgan fingerprint density at radius 3 is 2.78 bits per heavy atom. The minimum atomic E-state index is -0.507. The Bertz CT molecular complexity index is 999. The van der Waals surface area contributed by atoms with Crippen molar-refractivity contribution in [2.24, 2.45) is 0 Å². The monoisotopic (exact) mass is 372 g/mol. The number of aromatic amines is 1. The number of nitrogens with zero attached hydrogens (tertiary/aromatic N) is 3. The lowest BCUT2D eigenvalue weighted by molar-refractivity contribution is 0.0528. The largest absolute Gasteiger partial charge is 0.465 e. The van der Waals surface area contributed by atoms with Gasteiger partial charge in [0.05, 0.1) is 18.8 Å². The number of fused-ring (bicyclic) bond motifs is 1. The molecule has 0 aromatic carbocycles. The zero-order chi connectivity index (χ0) is 19.6. The lowest BCUT2D eigenvalue weighted by Gasteiger charge is -2.25. The SMILES string of the molecule is CCOC(=O)c1c[nH]n2c(=O)cc(CN(Cc3ccc(C)o3)C(C)C)nc12. The fraction of sp³-hybridized carbons (Fsp3) is 0.421. The van der Waals surface area contributed by atoms with Crippen LogP contribution in [0, 0.1) is 6.92 Å². The van der Waals surface area contributed by atoms with E-state index in [2.05, 4.69) is 28.8 Å². The zero-order valence-corrected chi connectivity index (χ0v) is 16.0. The van der Waals surface area contributed by atoms with E-state index in [4.69, 9.17) is 9.15 Å². The molecule has 0 spiro atoms. The van der Waals surface area contributed by atoms with Crippen molar-refractivity contribution in [2.45, 2.75) is 46.8 Å². The summed E-state index contributed by atoms with van der Waals surface area (Å²) in [6, 6.07) is 5.56. The predicted octanol–water partition coefficient (Wildman–Crippen LogP) is 2.51. The standard InChI is InChI=1S/C19H24N4O4/c1-5-26-19(25)16-9-20-23-17(24)8-14(21-18(16)23)10-22(12(2)3)11-15-7-6-13(4)27-15/h6-9,12,20H,5,10-11H2,1-4H3. The molecule has 0 aliphatic carbocycles. The van der Waals surface area contributed by atoms with Crippen LogP contribution < -0.4 is 5.56 Å². The second-order valence-electron chi connectivity index (χ2n) is 6.66. The first-order chi connectivity index (χ1) is 12.9. The summed E-state index contributed by atoms with van der Waals surface area (Å²) < 4.78 is 11.9. The molecule has 0 aliphatic rings. The molecule has 144 valence electrons. The van der Waals surface area contributed by atoms with Crippen molar-refractivity contribution in [2.75, 3.05) is 6.61 Å². The molecule has 3 aromatic heterocycles. The van der Waals surface area contributed by atoms with Gasteiger partial charge in [-0.15, -0.1) is 0 Å². The van der Waals surface area contributed by atoms with Crippen molar-refractivity contribution in [3.05, 3.63) is 57.5 Å². The van der Waals surface area contributed by atoms with Crippen molar-refractivity contribution in [1.29, 1.82) is 0 Å². The normalized spacial score (nSPS) is 11.6. The number of hydrogen-bond acceptors (Lipinski definition) is 6. The van der Waals surface area contributed by atoms with Crippen molar-refractivity contribution < 1.29 is 13.9 Å². The maximum atomic E-state index is 12.4. The molecule has 0 atom stereocenters. The molecule has 8 heteroatoms. The Hall–Kier alpha value is -2.87. The molecule has 0 amide bonds. The molecule has 0 saturated heterocycles. The van der Waals surface area contributed by atoms with Gasteiger partial charge < -0.3 is 9.15 Å². The van der Waals surface area contributed by atoms with Gasteiger partial charge in [-0.3, -0.25) is 14.8 Å². The van der Waals surface area contributed by atoms with Crippen LogP contribution in [0.2, 0.25) is 0 Å². The lowest BCUT2D eigenvalue weighted by atomic mass is 10.2. The topological polar surface area (TPSA) is 92.8 Å². The Morgan fingerprint density at radius 1 is 1.37 bits per heavy atom. The molecule has 0 bridgehead atoms. The third-order valence-electron chi connectivity index (χ3n) is 4.30. The van der Waals surface area contributed by atoms with E-state index in [9.17, 15) is 9.59 Å². The summed E-state index contributed by atoms with van der Waals surface area (Å²) in [5, 5.41) is 2.75. The summed E-state index contributed by atoms with van der Waals surface area (Å²) in [7, 11) is 0. The number of hydrogen-bond donors (Lipinski definition) is 1. The van der Waals surface area contributed by atoms with Crippen LogP contribution in [0.4, 0.5) is 0 Å². The Balaban J connectivity index is 1.91. The third kappa shape index (κ3) is 4.11. The molecule has 0 aliphatic heterocycles. The van der Waals surface area contributed by atoms with Crippen LogP contribution >= 0.6 is 0 Å². The van der Waals surface area contributed by atoms with Crippen molar-refractivity contribution in [1.82, 2.24) is 19.5 Å². The number of esters is 1. The Kier molecular flexibility index (Phi) is 5.46. The summed E-state index contributed by atoms with van der Waals surface area (Å²) in [5.41, 5.74) is 0.826. The second kappa shape index (κ2) is 7.79. The number of carbonyl (C=O) groups excluding carboxylic acids is 1. The first-order valence-electron chi connectivity index (χ1n) is 8.95. The number of nitrogens with one attached hydrogen (secondary N) is 1. The van der Waals surface area contributed by atoms with Crippen LogP contribution in [-0.4, -0.2) is 38.1 Å². The van der Waals surface area contributed by atoms with Crippen LogP contribution in [0.15, 0.2) is 33.6 Å². The van der Waals surface area contributed by atoms with Gasteiger partial charge >= 0.3 is 5.97 Å². The molecular weight excluding hydrogens is 348 g/mol. The summed E-state index contributed by atoms with van der Waals surface area (Å²) in [6.45, 7) is 9.09. The molecule has 3 rings (SSSR count). The predicted molar refractivity (Wildman–Crippen MR) is 99.6 cm³/mol. The van der Waals surface area contributed by atoms with Gasteiger partial charge in [-0.05, 0) is 39.8 Å². The number of aryl methyl sites for hydroxylation is 1. The van der Waals surface area contributed by atoms with E-state index in [1.165, 1.54) is 16.8 Å². The molecule has 0 fully saturated rings. The average Bonchev–Trinajstić information content (AvgIpc) is 3.21. The van der Waals surface area contributed by atoms with Gasteiger partial charge in [0.2, 0.25) is 0 Å². The number of furan rings is 1. The Labute approximate surface area is 156 Å². The maximum absolute atomic E-state index is 12.4. The summed E-state index contributed by atoms with van der Waals surface area (Å²) in [4.78, 5) is 31.2. The number of rotatable bonds is 7. The van der Waals surface area contributed by atoms with Gasteiger partial charge in [0, 0.05) is 24.8 Å². The van der Waals surface area contributed by atoms with Crippen LogP contribution in [-0.2, 0) is 17.8 Å². The zero-order valence-electron chi connectivity index (χ0n) is 16.0. The van der Waals surface area contributed by atoms with E-state index < -0.39 is 5.97 Å². The molecule has 8 nitrogen and oxygen atoms in total. The highest BCUT2D eigenvalue weighted by molar-refractivity contribution is 5.95. The van der Waals surface area contributed by atoms with Gasteiger partial charge in [-0.1, -0.05) is 0 Å². The smallest absolute Gasteiger partial charge is 0.343 e. The minimum absolute atomic E-state index is 0.214. The first-order valence-corrected chi connectivity index (χ1v) is 8.95. The second-order valence-corrected chi connectivity index (χ2v) is 6.66. The van der Waals surface area contributed by atoms with Gasteiger partial charge in [0.1, 0.15) is 17.1 Å². The van der Waals surface area contributed by atoms with Crippen LogP contribution in [0.1, 0.15) is 48.3 Å². The highest BCUT2D eigenvalue weighted by Crippen LogP contribution is 2.15. The van der Waals surface area contributed by atoms with E-state index >= 15 is 0 Å². The number of carbonyl (C=O) groups is 1. The molecule has 0 unspecified atom stereocenters. The average molecular weight is 372 g/mol. The number of aromatic nitrogens is 3. The lowest BCUT2D eigenvalue weighted by Crippen LogP contribution is -2.31. The summed E-state index contributed by atoms with van der Waals surface area (Å²) >= 11 is 0. The van der Waals surface area contributed by atoms with Crippen molar-refractivity contribution in [3.63, 3.8) is 0 Å². The molecule has 0 radical (unpaired) electrons. The molecule has 1 N–H and O–H groups in total. The third-order valence-corrected chi connectivity index (χ3v) is 4.30. The van der Waals surface area contributed by atoms with Gasteiger partial charge in [0.25, 0.3) is 5.56 Å². The fourth-order valence-corrected chi connectivity index (χ4v) is 2.87. The van der Waals surface area contributed by atoms with Gasteiger partial charge in [-0.2, -0.15) is 0 Å². The molecule has 27 heavy (non-hydrogen) atoms. The Morgan fingerprint density at radius 2 is 2.15 bits per heavy atom. The van der Waals surface area contributed by atoms with E-state index in [-0.39, 0.29) is 29.4 Å². The molecular formula is C19H24N4O4. The summed E-state index contributed by atoms with van der Waals surface area (Å²) in [6.07, 6.45) is 1.44. The number of ether oxygens (including phenoxy) is 1. The molecule has 3 aromatic rings. The van der Waals surface area contributed by atoms with E-state index in [1.54, 1.807) is 6.92 Å². The van der Waals surface area contributed by atoms with Crippen LogP contribution in [0.25, 0.3) is 5.65 Å². The van der Waals surface area contributed by atoms with Gasteiger partial charge in [0.15, 0.2) is 5.65 Å². The quantitative estimate of drug-likeness (QED) is 0.641. The molecule has 3 heterocycles. The van der Waals surface area contributed by atoms with E-state index in [0.29, 0.717) is 18.8 Å².